The van der Waals surface area contributed by atoms with Crippen molar-refractivity contribution in [2.45, 2.75) is 26.2 Å². The molecule has 2 saturated heterocycles. The van der Waals surface area contributed by atoms with Gasteiger partial charge in [0.1, 0.15) is 0 Å². The van der Waals surface area contributed by atoms with Crippen molar-refractivity contribution < 1.29 is 0 Å². The molecule has 2 aliphatic heterocycles. The SMILES string of the molecule is CN=C(NCC(C)CN1CCN(C)CC1)N1CCC(c2ccccc2)C(C)C1. The van der Waals surface area contributed by atoms with E-state index in [4.69, 9.17) is 0 Å². The molecule has 1 aromatic carbocycles. The number of benzene rings is 1. The monoisotopic (exact) mass is 385 g/mol. The summed E-state index contributed by atoms with van der Waals surface area (Å²) in [5, 5.41) is 3.65. The lowest BCUT2D eigenvalue weighted by Gasteiger charge is -2.39. The number of likely N-dealkylation sites (N-methyl/N-ethyl adjacent to an activating group) is 1. The van der Waals surface area contributed by atoms with Gasteiger partial charge in [-0.15, -0.1) is 0 Å². The Labute approximate surface area is 171 Å². The topological polar surface area (TPSA) is 34.1 Å². The Morgan fingerprint density at radius 3 is 2.50 bits per heavy atom. The van der Waals surface area contributed by atoms with E-state index in [1.165, 1.54) is 44.7 Å². The van der Waals surface area contributed by atoms with Gasteiger partial charge in [-0.1, -0.05) is 44.2 Å². The van der Waals surface area contributed by atoms with Gasteiger partial charge in [-0.25, -0.2) is 0 Å². The van der Waals surface area contributed by atoms with Crippen molar-refractivity contribution in [2.24, 2.45) is 16.8 Å². The molecule has 0 saturated carbocycles. The number of hydrogen-bond donors (Lipinski definition) is 1. The fourth-order valence-electron chi connectivity index (χ4n) is 4.67. The van der Waals surface area contributed by atoms with Gasteiger partial charge in [0.05, 0.1) is 0 Å². The summed E-state index contributed by atoms with van der Waals surface area (Å²) in [6.45, 7) is 13.8. The van der Waals surface area contributed by atoms with Crippen LogP contribution in [0.1, 0.15) is 31.7 Å². The summed E-state index contributed by atoms with van der Waals surface area (Å²) in [5.74, 6) is 2.99. The molecule has 0 aliphatic carbocycles. The zero-order chi connectivity index (χ0) is 19.9. The Kier molecular flexibility index (Phi) is 7.74. The van der Waals surface area contributed by atoms with Gasteiger partial charge in [0.25, 0.3) is 0 Å². The Morgan fingerprint density at radius 1 is 1.14 bits per heavy atom. The number of piperazine rings is 1. The van der Waals surface area contributed by atoms with E-state index in [0.29, 0.717) is 17.8 Å². The van der Waals surface area contributed by atoms with Crippen LogP contribution in [-0.4, -0.2) is 87.1 Å². The summed E-state index contributed by atoms with van der Waals surface area (Å²) >= 11 is 0. The van der Waals surface area contributed by atoms with Crippen LogP contribution < -0.4 is 5.32 Å². The molecule has 0 radical (unpaired) electrons. The first-order valence-corrected chi connectivity index (χ1v) is 11.0. The maximum atomic E-state index is 4.58. The third kappa shape index (κ3) is 5.71. The first kappa shape index (κ1) is 21.1. The Balaban J connectivity index is 1.45. The third-order valence-electron chi connectivity index (χ3n) is 6.42. The Bertz CT molecular complexity index is 609. The molecule has 156 valence electrons. The molecule has 2 heterocycles. The minimum atomic E-state index is 0.624. The maximum Gasteiger partial charge on any atom is 0.193 e. The van der Waals surface area contributed by atoms with Crippen molar-refractivity contribution >= 4 is 5.96 Å². The normalized spacial score (nSPS) is 26.3. The Morgan fingerprint density at radius 2 is 1.86 bits per heavy atom. The lowest BCUT2D eigenvalue weighted by molar-refractivity contribution is 0.139. The standard InChI is InChI=1S/C23H39N5/c1-19(17-27-14-12-26(4)13-15-27)16-25-23(24-3)28-11-10-22(20(2)18-28)21-8-6-5-7-9-21/h5-9,19-20,22H,10-18H2,1-4H3,(H,24,25). The lowest BCUT2D eigenvalue weighted by atomic mass is 9.82. The predicted molar refractivity (Wildman–Crippen MR) is 119 cm³/mol. The molecular formula is C23H39N5. The average Bonchev–Trinajstić information content (AvgIpc) is 2.71. The van der Waals surface area contributed by atoms with Crippen LogP contribution in [0.25, 0.3) is 0 Å². The number of likely N-dealkylation sites (tertiary alicyclic amines) is 1. The Hall–Kier alpha value is -1.59. The molecule has 0 spiro atoms. The molecular weight excluding hydrogens is 346 g/mol. The van der Waals surface area contributed by atoms with E-state index in [0.717, 1.165) is 25.6 Å². The van der Waals surface area contributed by atoms with E-state index in [1.54, 1.807) is 0 Å². The molecule has 5 heteroatoms. The van der Waals surface area contributed by atoms with Crippen molar-refractivity contribution in [3.63, 3.8) is 0 Å². The second kappa shape index (κ2) is 10.3. The molecule has 3 rings (SSSR count). The first-order valence-electron chi connectivity index (χ1n) is 11.0. The van der Waals surface area contributed by atoms with Crippen LogP contribution in [0, 0.1) is 11.8 Å². The summed E-state index contributed by atoms with van der Waals surface area (Å²) in [7, 11) is 4.13. The smallest absolute Gasteiger partial charge is 0.193 e. The highest BCUT2D eigenvalue weighted by molar-refractivity contribution is 5.80. The zero-order valence-corrected chi connectivity index (χ0v) is 18.3. The van der Waals surface area contributed by atoms with Crippen LogP contribution in [0.4, 0.5) is 0 Å². The van der Waals surface area contributed by atoms with Crippen molar-refractivity contribution in [1.82, 2.24) is 20.0 Å². The number of piperidine rings is 1. The summed E-state index contributed by atoms with van der Waals surface area (Å²) in [6, 6.07) is 11.0. The van der Waals surface area contributed by atoms with Crippen molar-refractivity contribution in [3.05, 3.63) is 35.9 Å². The highest BCUT2D eigenvalue weighted by Crippen LogP contribution is 2.32. The van der Waals surface area contributed by atoms with Crippen LogP contribution >= 0.6 is 0 Å². The molecule has 2 aliphatic rings. The van der Waals surface area contributed by atoms with Crippen LogP contribution in [0.5, 0.6) is 0 Å². The number of hydrogen-bond acceptors (Lipinski definition) is 3. The van der Waals surface area contributed by atoms with E-state index in [-0.39, 0.29) is 0 Å². The largest absolute Gasteiger partial charge is 0.356 e. The number of aliphatic imine (C=N–C) groups is 1. The third-order valence-corrected chi connectivity index (χ3v) is 6.42. The highest BCUT2D eigenvalue weighted by Gasteiger charge is 2.28. The van der Waals surface area contributed by atoms with Gasteiger partial charge in [0, 0.05) is 59.4 Å². The van der Waals surface area contributed by atoms with Gasteiger partial charge in [-0.2, -0.15) is 0 Å². The van der Waals surface area contributed by atoms with E-state index in [1.807, 2.05) is 7.05 Å². The highest BCUT2D eigenvalue weighted by atomic mass is 15.3. The molecule has 1 N–H and O–H groups in total. The van der Waals surface area contributed by atoms with Crippen LogP contribution in [0.2, 0.25) is 0 Å². The van der Waals surface area contributed by atoms with Gasteiger partial charge < -0.3 is 20.0 Å². The van der Waals surface area contributed by atoms with E-state index in [9.17, 15) is 0 Å². The van der Waals surface area contributed by atoms with Gasteiger partial charge in [-0.3, -0.25) is 4.99 Å². The first-order chi connectivity index (χ1) is 13.6. The fourth-order valence-corrected chi connectivity index (χ4v) is 4.67. The summed E-state index contributed by atoms with van der Waals surface area (Å²) in [5.41, 5.74) is 1.48. The second-order valence-corrected chi connectivity index (χ2v) is 8.87. The number of rotatable bonds is 5. The molecule has 5 nitrogen and oxygen atoms in total. The fraction of sp³-hybridized carbons (Fsp3) is 0.696. The van der Waals surface area contributed by atoms with E-state index >= 15 is 0 Å². The van der Waals surface area contributed by atoms with E-state index in [2.05, 4.69) is 76.2 Å². The zero-order valence-electron chi connectivity index (χ0n) is 18.3. The minimum absolute atomic E-state index is 0.624. The molecule has 1 aromatic rings. The van der Waals surface area contributed by atoms with Crippen LogP contribution in [-0.2, 0) is 0 Å². The average molecular weight is 386 g/mol. The molecule has 0 amide bonds. The van der Waals surface area contributed by atoms with Gasteiger partial charge in [-0.05, 0) is 36.8 Å². The molecule has 0 aromatic heterocycles. The van der Waals surface area contributed by atoms with Crippen molar-refractivity contribution in [3.8, 4) is 0 Å². The van der Waals surface area contributed by atoms with Gasteiger partial charge >= 0.3 is 0 Å². The molecule has 0 bridgehead atoms. The molecule has 3 unspecified atom stereocenters. The van der Waals surface area contributed by atoms with Gasteiger partial charge in [0.2, 0.25) is 0 Å². The number of guanidine groups is 1. The number of nitrogens with one attached hydrogen (secondary N) is 1. The van der Waals surface area contributed by atoms with Crippen molar-refractivity contribution in [1.29, 1.82) is 0 Å². The molecule has 28 heavy (non-hydrogen) atoms. The van der Waals surface area contributed by atoms with Crippen molar-refractivity contribution in [2.75, 3.05) is 66.5 Å². The molecule has 3 atom stereocenters. The van der Waals surface area contributed by atoms with Crippen LogP contribution in [0.3, 0.4) is 0 Å². The lowest BCUT2D eigenvalue weighted by Crippen LogP contribution is -2.50. The summed E-state index contributed by atoms with van der Waals surface area (Å²) in [4.78, 5) is 12.1. The minimum Gasteiger partial charge on any atom is -0.356 e. The van der Waals surface area contributed by atoms with Crippen LogP contribution in [0.15, 0.2) is 35.3 Å². The number of nitrogens with zero attached hydrogens (tertiary/aromatic N) is 4. The van der Waals surface area contributed by atoms with E-state index < -0.39 is 0 Å². The quantitative estimate of drug-likeness (QED) is 0.624. The van der Waals surface area contributed by atoms with Gasteiger partial charge in [0.15, 0.2) is 5.96 Å². The molecule has 2 fully saturated rings. The second-order valence-electron chi connectivity index (χ2n) is 8.87. The maximum absolute atomic E-state index is 4.58. The summed E-state index contributed by atoms with van der Waals surface area (Å²) < 4.78 is 0. The summed E-state index contributed by atoms with van der Waals surface area (Å²) in [6.07, 6.45) is 1.20. The predicted octanol–water partition coefficient (Wildman–Crippen LogP) is 2.57.